The van der Waals surface area contributed by atoms with Crippen LogP contribution in [-0.2, 0) is 15.1 Å². The van der Waals surface area contributed by atoms with Crippen molar-refractivity contribution in [2.45, 2.75) is 37.8 Å². The van der Waals surface area contributed by atoms with Crippen molar-refractivity contribution in [2.75, 3.05) is 6.54 Å². The van der Waals surface area contributed by atoms with E-state index in [1.54, 1.807) is 29.2 Å². The van der Waals surface area contributed by atoms with Crippen LogP contribution in [0.3, 0.4) is 0 Å². The molecule has 7 heteroatoms. The highest BCUT2D eigenvalue weighted by molar-refractivity contribution is 5.74. The lowest BCUT2D eigenvalue weighted by atomic mass is 9.84. The standard InChI is InChI=1S/C22H22FN3O3/c1-15(17-4-2-16(14-24)3-5-17)26-13-12-22(29-21(26)28,11-10-20(25)27)18-6-8-19(23)9-7-18/h2-9,15H,10-13H2,1H3,(H2,25,27)/t15-,22-/m0/s1. The fraction of sp³-hybridized carbons (Fsp3) is 0.318. The maximum atomic E-state index is 13.4. The number of cyclic esters (lactones) is 1. The summed E-state index contributed by atoms with van der Waals surface area (Å²) in [5.41, 5.74) is 6.35. The number of nitrogens with zero attached hydrogens (tertiary/aromatic N) is 2. The van der Waals surface area contributed by atoms with Gasteiger partial charge in [0.1, 0.15) is 11.4 Å². The van der Waals surface area contributed by atoms with E-state index >= 15 is 0 Å². The normalized spacial score (nSPS) is 19.9. The van der Waals surface area contributed by atoms with Gasteiger partial charge in [0, 0.05) is 25.8 Å². The van der Waals surface area contributed by atoms with Crippen molar-refractivity contribution in [1.82, 2.24) is 4.90 Å². The smallest absolute Gasteiger partial charge is 0.411 e. The summed E-state index contributed by atoms with van der Waals surface area (Å²) in [4.78, 5) is 25.8. The number of rotatable bonds is 6. The van der Waals surface area contributed by atoms with E-state index in [1.165, 1.54) is 12.1 Å². The van der Waals surface area contributed by atoms with Gasteiger partial charge in [-0.05, 0) is 42.3 Å². The molecule has 1 fully saturated rings. The van der Waals surface area contributed by atoms with E-state index in [9.17, 15) is 14.0 Å². The van der Waals surface area contributed by atoms with Gasteiger partial charge >= 0.3 is 6.09 Å². The molecule has 2 N–H and O–H groups in total. The van der Waals surface area contributed by atoms with Crippen LogP contribution in [0.1, 0.15) is 48.9 Å². The van der Waals surface area contributed by atoms with Gasteiger partial charge in [-0.2, -0.15) is 5.26 Å². The first-order valence-electron chi connectivity index (χ1n) is 9.39. The molecule has 6 nitrogen and oxygen atoms in total. The van der Waals surface area contributed by atoms with Crippen LogP contribution in [0, 0.1) is 17.1 Å². The summed E-state index contributed by atoms with van der Waals surface area (Å²) >= 11 is 0. The topological polar surface area (TPSA) is 96.4 Å². The second-order valence-corrected chi connectivity index (χ2v) is 7.19. The first kappa shape index (κ1) is 20.3. The van der Waals surface area contributed by atoms with Crippen molar-refractivity contribution >= 4 is 12.0 Å². The molecule has 2 aromatic carbocycles. The van der Waals surface area contributed by atoms with Crippen LogP contribution in [0.25, 0.3) is 0 Å². The Bertz CT molecular complexity index is 937. The molecule has 0 aromatic heterocycles. The third kappa shape index (κ3) is 4.37. The molecule has 0 aliphatic carbocycles. The summed E-state index contributed by atoms with van der Waals surface area (Å²) in [6, 6.07) is 14.6. The van der Waals surface area contributed by atoms with Gasteiger partial charge < -0.3 is 15.4 Å². The number of nitrogens with two attached hydrogens (primary N) is 1. The van der Waals surface area contributed by atoms with Crippen LogP contribution in [0.15, 0.2) is 48.5 Å². The number of hydrogen-bond donors (Lipinski definition) is 1. The number of ether oxygens (including phenoxy) is 1. The lowest BCUT2D eigenvalue weighted by Gasteiger charge is -2.43. The summed E-state index contributed by atoms with van der Waals surface area (Å²) in [5.74, 6) is -0.882. The minimum atomic E-state index is -1.03. The third-order valence-electron chi connectivity index (χ3n) is 5.41. The number of carbonyl (C=O) groups excluding carboxylic acids is 2. The van der Waals surface area contributed by atoms with E-state index in [4.69, 9.17) is 15.7 Å². The highest BCUT2D eigenvalue weighted by Gasteiger charge is 2.43. The SMILES string of the molecule is C[C@@H](c1ccc(C#N)cc1)N1CC[C@@](CCC(N)=O)(c2ccc(F)cc2)OC1=O. The van der Waals surface area contributed by atoms with Crippen molar-refractivity contribution < 1.29 is 18.7 Å². The van der Waals surface area contributed by atoms with E-state index in [0.29, 0.717) is 24.1 Å². The zero-order chi connectivity index (χ0) is 21.0. The predicted octanol–water partition coefficient (Wildman–Crippen LogP) is 3.76. The predicted molar refractivity (Wildman–Crippen MR) is 104 cm³/mol. The van der Waals surface area contributed by atoms with E-state index < -0.39 is 23.4 Å². The zero-order valence-corrected chi connectivity index (χ0v) is 16.1. The number of halogens is 1. The Labute approximate surface area is 168 Å². The van der Waals surface area contributed by atoms with Crippen molar-refractivity contribution in [3.63, 3.8) is 0 Å². The maximum Gasteiger partial charge on any atom is 0.411 e. The van der Waals surface area contributed by atoms with Gasteiger partial charge in [-0.15, -0.1) is 0 Å². The van der Waals surface area contributed by atoms with Gasteiger partial charge in [0.2, 0.25) is 5.91 Å². The lowest BCUT2D eigenvalue weighted by Crippen LogP contribution is -2.49. The molecule has 3 rings (SSSR count). The Morgan fingerprint density at radius 3 is 2.48 bits per heavy atom. The molecule has 0 saturated carbocycles. The van der Waals surface area contributed by atoms with Gasteiger partial charge in [-0.1, -0.05) is 24.3 Å². The van der Waals surface area contributed by atoms with E-state index in [1.807, 2.05) is 19.1 Å². The van der Waals surface area contributed by atoms with Crippen LogP contribution in [0.2, 0.25) is 0 Å². The Balaban J connectivity index is 1.83. The van der Waals surface area contributed by atoms with Crippen LogP contribution < -0.4 is 5.73 Å². The molecule has 0 bridgehead atoms. The Morgan fingerprint density at radius 2 is 1.93 bits per heavy atom. The molecular weight excluding hydrogens is 373 g/mol. The number of carbonyl (C=O) groups is 2. The molecule has 2 atom stereocenters. The molecule has 1 heterocycles. The Morgan fingerprint density at radius 1 is 1.28 bits per heavy atom. The van der Waals surface area contributed by atoms with Crippen LogP contribution in [0.5, 0.6) is 0 Å². The van der Waals surface area contributed by atoms with Gasteiger partial charge in [0.25, 0.3) is 0 Å². The number of amides is 2. The lowest BCUT2D eigenvalue weighted by molar-refractivity contribution is -0.121. The molecule has 2 amide bonds. The van der Waals surface area contributed by atoms with Crippen LogP contribution in [0.4, 0.5) is 9.18 Å². The van der Waals surface area contributed by atoms with Crippen molar-refractivity contribution in [1.29, 1.82) is 5.26 Å². The monoisotopic (exact) mass is 395 g/mol. The average Bonchev–Trinajstić information content (AvgIpc) is 2.72. The fourth-order valence-corrected chi connectivity index (χ4v) is 3.64. The molecular formula is C22H22FN3O3. The molecule has 0 radical (unpaired) electrons. The molecule has 150 valence electrons. The third-order valence-corrected chi connectivity index (χ3v) is 5.41. The van der Waals surface area contributed by atoms with E-state index in [0.717, 1.165) is 5.56 Å². The highest BCUT2D eigenvalue weighted by Crippen LogP contribution is 2.40. The van der Waals surface area contributed by atoms with Gasteiger partial charge in [-0.25, -0.2) is 9.18 Å². The minimum Gasteiger partial charge on any atom is -0.438 e. The average molecular weight is 395 g/mol. The second kappa shape index (κ2) is 8.31. The highest BCUT2D eigenvalue weighted by atomic mass is 19.1. The number of nitriles is 1. The summed E-state index contributed by atoms with van der Waals surface area (Å²) in [7, 11) is 0. The molecule has 29 heavy (non-hydrogen) atoms. The second-order valence-electron chi connectivity index (χ2n) is 7.19. The van der Waals surface area contributed by atoms with Gasteiger partial charge in [0.05, 0.1) is 17.7 Å². The van der Waals surface area contributed by atoms with Crippen molar-refractivity contribution in [2.24, 2.45) is 5.73 Å². The fourth-order valence-electron chi connectivity index (χ4n) is 3.64. The summed E-state index contributed by atoms with van der Waals surface area (Å²) in [5, 5.41) is 8.94. The molecule has 1 aliphatic heterocycles. The van der Waals surface area contributed by atoms with Crippen LogP contribution >= 0.6 is 0 Å². The van der Waals surface area contributed by atoms with Crippen molar-refractivity contribution in [3.05, 3.63) is 71.0 Å². The minimum absolute atomic E-state index is 0.0514. The van der Waals surface area contributed by atoms with Gasteiger partial charge in [0.15, 0.2) is 0 Å². The molecule has 0 unspecified atom stereocenters. The van der Waals surface area contributed by atoms with E-state index in [2.05, 4.69) is 6.07 Å². The zero-order valence-electron chi connectivity index (χ0n) is 16.1. The van der Waals surface area contributed by atoms with Gasteiger partial charge in [-0.3, -0.25) is 4.79 Å². The first-order valence-corrected chi connectivity index (χ1v) is 9.39. The quantitative estimate of drug-likeness (QED) is 0.805. The Hall–Kier alpha value is -3.40. The summed E-state index contributed by atoms with van der Waals surface area (Å²) in [6.45, 7) is 2.28. The number of hydrogen-bond acceptors (Lipinski definition) is 4. The molecule has 1 saturated heterocycles. The van der Waals surface area contributed by atoms with E-state index in [-0.39, 0.29) is 18.9 Å². The Kier molecular flexibility index (Phi) is 5.83. The number of benzene rings is 2. The van der Waals surface area contributed by atoms with Crippen LogP contribution in [-0.4, -0.2) is 23.4 Å². The molecule has 0 spiro atoms. The summed E-state index contributed by atoms with van der Waals surface area (Å²) in [6.07, 6.45) is 0.217. The summed E-state index contributed by atoms with van der Waals surface area (Å²) < 4.78 is 19.2. The molecule has 1 aliphatic rings. The largest absolute Gasteiger partial charge is 0.438 e. The first-order chi connectivity index (χ1) is 13.8. The molecule has 2 aromatic rings. The van der Waals surface area contributed by atoms with Crippen molar-refractivity contribution in [3.8, 4) is 6.07 Å². The maximum absolute atomic E-state index is 13.4. The number of primary amides is 1.